The molecule has 4 heterocycles. The number of anilines is 2. The Hall–Kier alpha value is -3.63. The molecule has 0 radical (unpaired) electrons. The van der Waals surface area contributed by atoms with Gasteiger partial charge in [-0.1, -0.05) is 18.6 Å². The molecule has 36 heavy (non-hydrogen) atoms. The first-order valence-electron chi connectivity index (χ1n) is 12.4. The van der Waals surface area contributed by atoms with Crippen molar-refractivity contribution in [2.24, 2.45) is 7.05 Å². The molecule has 3 aromatic rings. The molecule has 0 aliphatic carbocycles. The summed E-state index contributed by atoms with van der Waals surface area (Å²) in [6, 6.07) is 11.0. The van der Waals surface area contributed by atoms with Crippen LogP contribution in [0.5, 0.6) is 0 Å². The Morgan fingerprint density at radius 1 is 1.08 bits per heavy atom. The van der Waals surface area contributed by atoms with Crippen molar-refractivity contribution >= 4 is 17.5 Å². The number of benzene rings is 1. The summed E-state index contributed by atoms with van der Waals surface area (Å²) in [5, 5.41) is 3.00. The molecule has 1 aromatic carbocycles. The number of likely N-dealkylation sites (tertiary alicyclic amines) is 1. The van der Waals surface area contributed by atoms with Crippen LogP contribution in [-0.4, -0.2) is 69.7 Å². The molecule has 1 amide bonds. The van der Waals surface area contributed by atoms with E-state index >= 15 is 0 Å². The Morgan fingerprint density at radius 2 is 1.89 bits per heavy atom. The van der Waals surface area contributed by atoms with Gasteiger partial charge in [0.05, 0.1) is 31.1 Å². The maximum Gasteiger partial charge on any atom is 0.255 e. The maximum atomic E-state index is 12.7. The summed E-state index contributed by atoms with van der Waals surface area (Å²) in [6.45, 7) is 4.09. The molecule has 0 bridgehead atoms. The Morgan fingerprint density at radius 3 is 2.64 bits per heavy atom. The summed E-state index contributed by atoms with van der Waals surface area (Å²) >= 11 is 0. The summed E-state index contributed by atoms with van der Waals surface area (Å²) in [7, 11) is 1.72. The number of hydrogen-bond acceptors (Lipinski definition) is 8. The number of carbonyl (C=O) groups is 1. The first kappa shape index (κ1) is 24.1. The van der Waals surface area contributed by atoms with Crippen LogP contribution in [0.3, 0.4) is 0 Å². The van der Waals surface area contributed by atoms with Crippen LogP contribution in [0.1, 0.15) is 30.9 Å². The molecule has 5 rings (SSSR count). The van der Waals surface area contributed by atoms with Crippen molar-refractivity contribution in [1.82, 2.24) is 24.4 Å². The summed E-state index contributed by atoms with van der Waals surface area (Å²) in [6.07, 6.45) is 6.46. The molecule has 2 aromatic heterocycles. The zero-order valence-corrected chi connectivity index (χ0v) is 20.5. The highest BCUT2D eigenvalue weighted by atomic mass is 16.5. The molecule has 1 atom stereocenters. The number of morpholine rings is 1. The third kappa shape index (κ3) is 5.60. The fraction of sp³-hybridized carbons (Fsp3) is 0.423. The summed E-state index contributed by atoms with van der Waals surface area (Å²) < 4.78 is 7.60. The summed E-state index contributed by atoms with van der Waals surface area (Å²) in [5.74, 6) is 0.589. The fourth-order valence-electron chi connectivity index (χ4n) is 4.72. The van der Waals surface area contributed by atoms with E-state index in [4.69, 9.17) is 9.72 Å². The highest BCUT2D eigenvalue weighted by molar-refractivity contribution is 5.92. The number of carbonyl (C=O) groups excluding carboxylic acids is 1. The SMILES string of the molecule is Cn1c(N2CCO[C@@H](c3ccc(NC(=O)CN4CCCCC4)cc3)C2)nc(-c2ccncn2)cc1=O. The van der Waals surface area contributed by atoms with E-state index in [2.05, 4.69) is 25.1 Å². The fourth-order valence-corrected chi connectivity index (χ4v) is 4.72. The predicted octanol–water partition coefficient (Wildman–Crippen LogP) is 2.24. The van der Waals surface area contributed by atoms with Gasteiger partial charge in [0, 0.05) is 31.5 Å². The lowest BCUT2D eigenvalue weighted by atomic mass is 10.1. The lowest BCUT2D eigenvalue weighted by Crippen LogP contribution is -2.41. The first-order valence-corrected chi connectivity index (χ1v) is 12.4. The van der Waals surface area contributed by atoms with Crippen molar-refractivity contribution in [3.8, 4) is 11.4 Å². The minimum absolute atomic E-state index is 0.0142. The number of aromatic nitrogens is 4. The van der Waals surface area contributed by atoms with E-state index < -0.39 is 0 Å². The third-order valence-electron chi connectivity index (χ3n) is 6.69. The lowest BCUT2D eigenvalue weighted by Gasteiger charge is -2.34. The molecule has 2 fully saturated rings. The van der Waals surface area contributed by atoms with Crippen LogP contribution in [0.4, 0.5) is 11.6 Å². The highest BCUT2D eigenvalue weighted by Gasteiger charge is 2.25. The number of amides is 1. The molecule has 2 aliphatic heterocycles. The zero-order valence-electron chi connectivity index (χ0n) is 20.5. The molecule has 2 saturated heterocycles. The Bertz CT molecular complexity index is 1240. The molecular formula is C26H31N7O3. The van der Waals surface area contributed by atoms with Crippen molar-refractivity contribution in [2.75, 3.05) is 49.5 Å². The van der Waals surface area contributed by atoms with Crippen LogP contribution in [0, 0.1) is 0 Å². The van der Waals surface area contributed by atoms with Gasteiger partial charge in [0.2, 0.25) is 11.9 Å². The van der Waals surface area contributed by atoms with Gasteiger partial charge in [-0.25, -0.2) is 15.0 Å². The number of hydrogen-bond donors (Lipinski definition) is 1. The molecule has 10 nitrogen and oxygen atoms in total. The second kappa shape index (κ2) is 11.0. The van der Waals surface area contributed by atoms with Crippen LogP contribution in [0.15, 0.2) is 53.7 Å². The van der Waals surface area contributed by atoms with Gasteiger partial charge in [-0.2, -0.15) is 0 Å². The van der Waals surface area contributed by atoms with Crippen molar-refractivity contribution < 1.29 is 9.53 Å². The molecule has 10 heteroatoms. The number of rotatable bonds is 6. The lowest BCUT2D eigenvalue weighted by molar-refractivity contribution is -0.117. The number of nitrogens with zero attached hydrogens (tertiary/aromatic N) is 6. The number of piperidine rings is 1. The zero-order chi connectivity index (χ0) is 24.9. The second-order valence-corrected chi connectivity index (χ2v) is 9.25. The van der Waals surface area contributed by atoms with Crippen LogP contribution < -0.4 is 15.8 Å². The molecule has 0 spiro atoms. The van der Waals surface area contributed by atoms with Gasteiger partial charge in [-0.3, -0.25) is 19.1 Å². The Balaban J connectivity index is 1.26. The maximum absolute atomic E-state index is 12.7. The minimum Gasteiger partial charge on any atom is -0.370 e. The van der Waals surface area contributed by atoms with Gasteiger partial charge < -0.3 is 15.0 Å². The molecular weight excluding hydrogens is 458 g/mol. The van der Waals surface area contributed by atoms with Crippen molar-refractivity contribution in [3.05, 3.63) is 64.8 Å². The quantitative estimate of drug-likeness (QED) is 0.562. The van der Waals surface area contributed by atoms with E-state index in [9.17, 15) is 9.59 Å². The normalized spacial score (nSPS) is 18.7. The standard InChI is InChI=1S/C26H31N7O3/c1-31-25(35)15-22(21-9-10-27-18-28-21)30-26(31)33-13-14-36-23(16-33)19-5-7-20(8-6-19)29-24(34)17-32-11-3-2-4-12-32/h5-10,15,18,23H,2-4,11-14,16-17H2,1H3,(H,29,34)/t23-/m1/s1. The summed E-state index contributed by atoms with van der Waals surface area (Å²) in [5.41, 5.74) is 2.75. The molecule has 0 saturated carbocycles. The average molecular weight is 490 g/mol. The smallest absolute Gasteiger partial charge is 0.255 e. The van der Waals surface area contributed by atoms with E-state index in [0.717, 1.165) is 37.2 Å². The monoisotopic (exact) mass is 489 g/mol. The molecule has 0 unspecified atom stereocenters. The second-order valence-electron chi connectivity index (χ2n) is 9.25. The van der Waals surface area contributed by atoms with E-state index in [-0.39, 0.29) is 17.6 Å². The number of nitrogens with one attached hydrogen (secondary N) is 1. The van der Waals surface area contributed by atoms with E-state index in [0.29, 0.717) is 43.6 Å². The van der Waals surface area contributed by atoms with Gasteiger partial charge in [0.25, 0.3) is 5.56 Å². The van der Waals surface area contributed by atoms with E-state index in [1.807, 2.05) is 24.3 Å². The van der Waals surface area contributed by atoms with Crippen LogP contribution in [-0.2, 0) is 16.6 Å². The van der Waals surface area contributed by atoms with Crippen molar-refractivity contribution in [1.29, 1.82) is 0 Å². The topological polar surface area (TPSA) is 105 Å². The Labute approximate surface area is 210 Å². The van der Waals surface area contributed by atoms with Gasteiger partial charge in [0.15, 0.2) is 0 Å². The molecule has 2 aliphatic rings. The molecule has 1 N–H and O–H groups in total. The molecule has 188 valence electrons. The van der Waals surface area contributed by atoms with Crippen LogP contribution >= 0.6 is 0 Å². The average Bonchev–Trinajstić information content (AvgIpc) is 2.91. The first-order chi connectivity index (χ1) is 17.6. The minimum atomic E-state index is -0.184. The van der Waals surface area contributed by atoms with Gasteiger partial charge in [0.1, 0.15) is 12.4 Å². The Kier molecular flexibility index (Phi) is 7.33. The summed E-state index contributed by atoms with van der Waals surface area (Å²) in [4.78, 5) is 42.3. The van der Waals surface area contributed by atoms with Gasteiger partial charge >= 0.3 is 0 Å². The van der Waals surface area contributed by atoms with Crippen molar-refractivity contribution in [2.45, 2.75) is 25.4 Å². The van der Waals surface area contributed by atoms with Crippen LogP contribution in [0.2, 0.25) is 0 Å². The number of ether oxygens (including phenoxy) is 1. The van der Waals surface area contributed by atoms with Gasteiger partial charge in [-0.15, -0.1) is 0 Å². The van der Waals surface area contributed by atoms with E-state index in [1.165, 1.54) is 18.8 Å². The van der Waals surface area contributed by atoms with E-state index in [1.54, 1.807) is 23.9 Å². The van der Waals surface area contributed by atoms with Gasteiger partial charge in [-0.05, 0) is 49.7 Å². The third-order valence-corrected chi connectivity index (χ3v) is 6.69. The predicted molar refractivity (Wildman–Crippen MR) is 137 cm³/mol. The largest absolute Gasteiger partial charge is 0.370 e. The van der Waals surface area contributed by atoms with Crippen molar-refractivity contribution in [3.63, 3.8) is 0 Å². The highest BCUT2D eigenvalue weighted by Crippen LogP contribution is 2.26. The van der Waals surface area contributed by atoms with Crippen LogP contribution in [0.25, 0.3) is 11.4 Å².